The molecule has 0 aliphatic heterocycles. The molecule has 0 aliphatic carbocycles. The zero-order chi connectivity index (χ0) is 14.9. The Morgan fingerprint density at radius 1 is 0.955 bits per heavy atom. The number of para-hydroxylation sites is 2. The van der Waals surface area contributed by atoms with Crippen LogP contribution in [0.15, 0.2) is 60.9 Å². The smallest absolute Gasteiger partial charge is 0.159 e. The van der Waals surface area contributed by atoms with Crippen molar-refractivity contribution in [3.63, 3.8) is 0 Å². The number of nitrogens with zero attached hydrogens (tertiary/aromatic N) is 5. The first kappa shape index (κ1) is 13.0. The van der Waals surface area contributed by atoms with Crippen LogP contribution in [0.4, 0.5) is 0 Å². The van der Waals surface area contributed by atoms with E-state index in [9.17, 15) is 0 Å². The van der Waals surface area contributed by atoms with Crippen LogP contribution in [0, 0.1) is 0 Å². The molecule has 0 spiro atoms. The van der Waals surface area contributed by atoms with E-state index in [1.54, 1.807) is 6.33 Å². The molecule has 2 aromatic heterocycles. The van der Waals surface area contributed by atoms with Gasteiger partial charge in [0.25, 0.3) is 0 Å². The van der Waals surface area contributed by atoms with Gasteiger partial charge < -0.3 is 0 Å². The van der Waals surface area contributed by atoms with Crippen molar-refractivity contribution >= 4 is 22.5 Å². The molecule has 0 amide bonds. The van der Waals surface area contributed by atoms with Crippen molar-refractivity contribution in [3.05, 3.63) is 71.9 Å². The summed E-state index contributed by atoms with van der Waals surface area (Å²) in [4.78, 5) is 0. The lowest BCUT2D eigenvalue weighted by atomic mass is 10.2. The van der Waals surface area contributed by atoms with E-state index in [0.717, 1.165) is 22.4 Å². The first-order chi connectivity index (χ1) is 10.8. The fraction of sp³-hybridized carbons (Fsp3) is 0.0625. The van der Waals surface area contributed by atoms with Gasteiger partial charge in [0.05, 0.1) is 5.52 Å². The van der Waals surface area contributed by atoms with Gasteiger partial charge in [0.1, 0.15) is 12.9 Å². The highest BCUT2D eigenvalue weighted by Crippen LogP contribution is 2.23. The Hall–Kier alpha value is -2.66. The summed E-state index contributed by atoms with van der Waals surface area (Å²) in [7, 11) is 0. The Balaban J connectivity index is 1.77. The van der Waals surface area contributed by atoms with E-state index >= 15 is 0 Å². The molecule has 4 rings (SSSR count). The van der Waals surface area contributed by atoms with Gasteiger partial charge in [-0.25, -0.2) is 0 Å². The van der Waals surface area contributed by atoms with Crippen molar-refractivity contribution in [2.24, 2.45) is 0 Å². The molecule has 0 N–H and O–H groups in total. The number of fused-ring (bicyclic) bond motifs is 1. The highest BCUT2D eigenvalue weighted by molar-refractivity contribution is 6.34. The van der Waals surface area contributed by atoms with Gasteiger partial charge in [-0.2, -0.15) is 5.10 Å². The van der Waals surface area contributed by atoms with Gasteiger partial charge in [-0.15, -0.1) is 10.2 Å². The van der Waals surface area contributed by atoms with Gasteiger partial charge in [-0.3, -0.25) is 9.25 Å². The molecule has 6 heteroatoms. The molecular weight excluding hydrogens is 298 g/mol. The highest BCUT2D eigenvalue weighted by atomic mass is 35.5. The number of aromatic nitrogens is 5. The van der Waals surface area contributed by atoms with Crippen LogP contribution in [-0.4, -0.2) is 24.5 Å². The third kappa shape index (κ3) is 2.16. The fourth-order valence-corrected chi connectivity index (χ4v) is 2.76. The lowest BCUT2D eigenvalue weighted by Gasteiger charge is -2.07. The predicted octanol–water partition coefficient (Wildman–Crippen LogP) is 3.32. The molecule has 0 atom stereocenters. The normalized spacial score (nSPS) is 11.1. The second-order valence-corrected chi connectivity index (χ2v) is 5.28. The van der Waals surface area contributed by atoms with Crippen LogP contribution in [0.1, 0.15) is 5.82 Å². The predicted molar refractivity (Wildman–Crippen MR) is 85.2 cm³/mol. The van der Waals surface area contributed by atoms with Crippen molar-refractivity contribution in [2.75, 3.05) is 0 Å². The molecule has 0 fully saturated rings. The SMILES string of the molecule is Clc1nn(Cc2nncn2-c2ccccc2)c2ccccc12. The zero-order valence-corrected chi connectivity index (χ0v) is 12.4. The molecule has 0 bridgehead atoms. The third-order valence-electron chi connectivity index (χ3n) is 3.56. The highest BCUT2D eigenvalue weighted by Gasteiger charge is 2.12. The Morgan fingerprint density at radius 3 is 2.59 bits per heavy atom. The molecule has 5 nitrogen and oxygen atoms in total. The molecule has 0 aliphatic rings. The van der Waals surface area contributed by atoms with Gasteiger partial charge in [-0.05, 0) is 24.3 Å². The van der Waals surface area contributed by atoms with Crippen LogP contribution in [0.5, 0.6) is 0 Å². The lowest BCUT2D eigenvalue weighted by molar-refractivity contribution is 0.665. The summed E-state index contributed by atoms with van der Waals surface area (Å²) in [6.07, 6.45) is 1.71. The van der Waals surface area contributed by atoms with E-state index in [-0.39, 0.29) is 0 Å². The average Bonchev–Trinajstić information content (AvgIpc) is 3.15. The fourth-order valence-electron chi connectivity index (χ4n) is 2.51. The molecular formula is C16H12ClN5. The van der Waals surface area contributed by atoms with Crippen LogP contribution in [0.25, 0.3) is 16.6 Å². The van der Waals surface area contributed by atoms with Gasteiger partial charge >= 0.3 is 0 Å². The first-order valence-electron chi connectivity index (χ1n) is 6.88. The second kappa shape index (κ2) is 5.27. The summed E-state index contributed by atoms with van der Waals surface area (Å²) in [5, 5.41) is 14.1. The third-order valence-corrected chi connectivity index (χ3v) is 3.84. The topological polar surface area (TPSA) is 48.5 Å². The minimum Gasteiger partial charge on any atom is -0.284 e. The maximum Gasteiger partial charge on any atom is 0.159 e. The monoisotopic (exact) mass is 309 g/mol. The largest absolute Gasteiger partial charge is 0.284 e. The minimum absolute atomic E-state index is 0.501. The van der Waals surface area contributed by atoms with E-state index < -0.39 is 0 Å². The quantitative estimate of drug-likeness (QED) is 0.583. The van der Waals surface area contributed by atoms with E-state index in [4.69, 9.17) is 11.6 Å². The standard InChI is InChI=1S/C16H12ClN5/c17-16-13-8-4-5-9-14(13)22(20-16)10-15-19-18-11-21(15)12-6-2-1-3-7-12/h1-9,11H,10H2. The minimum atomic E-state index is 0.501. The molecule has 2 aromatic carbocycles. The number of rotatable bonds is 3. The van der Waals surface area contributed by atoms with Crippen molar-refractivity contribution in [2.45, 2.75) is 6.54 Å². The van der Waals surface area contributed by atoms with Crippen LogP contribution in [0.3, 0.4) is 0 Å². The maximum atomic E-state index is 6.20. The Kier molecular flexibility index (Phi) is 3.12. The molecule has 2 heterocycles. The molecule has 0 unspecified atom stereocenters. The summed E-state index contributed by atoms with van der Waals surface area (Å²) in [5.41, 5.74) is 2.00. The van der Waals surface area contributed by atoms with E-state index in [0.29, 0.717) is 11.7 Å². The van der Waals surface area contributed by atoms with E-state index in [1.165, 1.54) is 0 Å². The molecule has 0 radical (unpaired) electrons. The Labute approximate surface area is 131 Å². The van der Waals surface area contributed by atoms with E-state index in [1.807, 2.05) is 63.8 Å². The average molecular weight is 310 g/mol. The van der Waals surface area contributed by atoms with Crippen molar-refractivity contribution in [3.8, 4) is 5.69 Å². The van der Waals surface area contributed by atoms with Crippen molar-refractivity contribution < 1.29 is 0 Å². The van der Waals surface area contributed by atoms with Crippen molar-refractivity contribution in [1.29, 1.82) is 0 Å². The van der Waals surface area contributed by atoms with Crippen LogP contribution in [0.2, 0.25) is 5.15 Å². The van der Waals surface area contributed by atoms with E-state index in [2.05, 4.69) is 15.3 Å². The van der Waals surface area contributed by atoms with Crippen molar-refractivity contribution in [1.82, 2.24) is 24.5 Å². The molecule has 4 aromatic rings. The van der Waals surface area contributed by atoms with Gasteiger partial charge in [-0.1, -0.05) is 41.9 Å². The molecule has 0 saturated carbocycles. The Morgan fingerprint density at radius 2 is 1.73 bits per heavy atom. The van der Waals surface area contributed by atoms with Crippen LogP contribution < -0.4 is 0 Å². The second-order valence-electron chi connectivity index (χ2n) is 4.92. The number of hydrogen-bond donors (Lipinski definition) is 0. The van der Waals surface area contributed by atoms with Crippen LogP contribution >= 0.6 is 11.6 Å². The first-order valence-corrected chi connectivity index (χ1v) is 7.26. The van der Waals surface area contributed by atoms with Gasteiger partial charge in [0.2, 0.25) is 0 Å². The molecule has 108 valence electrons. The summed E-state index contributed by atoms with van der Waals surface area (Å²) < 4.78 is 3.80. The Bertz CT molecular complexity index is 926. The zero-order valence-electron chi connectivity index (χ0n) is 11.6. The number of halogens is 1. The summed E-state index contributed by atoms with van der Waals surface area (Å²) in [5.74, 6) is 0.802. The lowest BCUT2D eigenvalue weighted by Crippen LogP contribution is -2.08. The van der Waals surface area contributed by atoms with Crippen LogP contribution in [-0.2, 0) is 6.54 Å². The summed E-state index contributed by atoms with van der Waals surface area (Å²) >= 11 is 6.20. The molecule has 0 saturated heterocycles. The number of hydrogen-bond acceptors (Lipinski definition) is 3. The summed E-state index contributed by atoms with van der Waals surface area (Å²) in [6, 6.07) is 17.9. The maximum absolute atomic E-state index is 6.20. The molecule has 22 heavy (non-hydrogen) atoms. The van der Waals surface area contributed by atoms with Gasteiger partial charge in [0, 0.05) is 11.1 Å². The van der Waals surface area contributed by atoms with Gasteiger partial charge in [0.15, 0.2) is 11.0 Å². The summed E-state index contributed by atoms with van der Waals surface area (Å²) in [6.45, 7) is 0.502. The number of benzene rings is 2.